The third-order valence-corrected chi connectivity index (χ3v) is 5.79. The summed E-state index contributed by atoms with van der Waals surface area (Å²) in [7, 11) is 1.57. The van der Waals surface area contributed by atoms with E-state index >= 15 is 0 Å². The van der Waals surface area contributed by atoms with E-state index in [0.29, 0.717) is 23.4 Å². The van der Waals surface area contributed by atoms with Crippen LogP contribution in [0.15, 0.2) is 71.1 Å². The number of benzene rings is 2. The summed E-state index contributed by atoms with van der Waals surface area (Å²) in [6, 6.07) is 15.4. The number of hydrogen-bond acceptors (Lipinski definition) is 4. The van der Waals surface area contributed by atoms with Crippen LogP contribution in [0.1, 0.15) is 43.2 Å². The molecule has 154 valence electrons. The average molecular weight is 402 g/mol. The van der Waals surface area contributed by atoms with Crippen molar-refractivity contribution >= 4 is 17.4 Å². The van der Waals surface area contributed by atoms with E-state index in [-0.39, 0.29) is 17.6 Å². The molecule has 30 heavy (non-hydrogen) atoms. The van der Waals surface area contributed by atoms with Crippen LogP contribution in [0.4, 0.5) is 5.69 Å². The van der Waals surface area contributed by atoms with Gasteiger partial charge < -0.3 is 15.4 Å². The van der Waals surface area contributed by atoms with Gasteiger partial charge in [-0.2, -0.15) is 0 Å². The molecule has 1 aliphatic heterocycles. The summed E-state index contributed by atoms with van der Waals surface area (Å²) in [5, 5.41) is 6.34. The summed E-state index contributed by atoms with van der Waals surface area (Å²) in [5.41, 5.74) is 5.71. The number of hydrogen-bond donors (Lipinski definition) is 2. The largest absolute Gasteiger partial charge is 0.495 e. The molecule has 2 aromatic carbocycles. The number of nitrogens with one attached hydrogen (secondary N) is 2. The van der Waals surface area contributed by atoms with Gasteiger partial charge in [-0.05, 0) is 44.4 Å². The number of aryl methyl sites for hydroxylation is 1. The zero-order valence-corrected chi connectivity index (χ0v) is 17.5. The number of carbonyl (C=O) groups excluding carboxylic acids is 2. The van der Waals surface area contributed by atoms with Crippen LogP contribution in [0.2, 0.25) is 0 Å². The third kappa shape index (κ3) is 3.63. The fraction of sp³-hybridized carbons (Fsp3) is 0.280. The van der Waals surface area contributed by atoms with Crippen molar-refractivity contribution in [3.63, 3.8) is 0 Å². The van der Waals surface area contributed by atoms with Gasteiger partial charge in [-0.1, -0.05) is 42.0 Å². The number of ketones is 1. The molecule has 1 atom stereocenters. The quantitative estimate of drug-likeness (QED) is 0.784. The molecule has 2 aromatic rings. The van der Waals surface area contributed by atoms with E-state index in [0.717, 1.165) is 40.9 Å². The Morgan fingerprint density at radius 1 is 1.07 bits per heavy atom. The smallest absolute Gasteiger partial charge is 0.254 e. The summed E-state index contributed by atoms with van der Waals surface area (Å²) in [5.74, 6) is 0.0853. The lowest BCUT2D eigenvalue weighted by molar-refractivity contribution is -0.116. The summed E-state index contributed by atoms with van der Waals surface area (Å²) >= 11 is 0. The van der Waals surface area contributed by atoms with Crippen LogP contribution in [0.5, 0.6) is 5.75 Å². The highest BCUT2D eigenvalue weighted by molar-refractivity contribution is 6.10. The summed E-state index contributed by atoms with van der Waals surface area (Å²) in [6.07, 6.45) is 2.17. The Morgan fingerprint density at radius 2 is 1.80 bits per heavy atom. The molecule has 0 fully saturated rings. The second-order valence-corrected chi connectivity index (χ2v) is 7.83. The Balaban J connectivity index is 1.78. The van der Waals surface area contributed by atoms with Gasteiger partial charge in [0.05, 0.1) is 12.8 Å². The maximum absolute atomic E-state index is 13.5. The van der Waals surface area contributed by atoms with Gasteiger partial charge >= 0.3 is 0 Å². The molecule has 1 heterocycles. The maximum Gasteiger partial charge on any atom is 0.254 e. The van der Waals surface area contributed by atoms with Crippen LogP contribution < -0.4 is 15.4 Å². The standard InChI is InChI=1S/C25H26N2O3/c1-15-11-13-17(14-12-15)23-22(16(2)26-19-8-6-9-20(28)24(19)23)25(29)27-18-7-4-5-10-21(18)30-3/h4-5,7,10-14,23,26H,6,8-9H2,1-3H3,(H,27,29)/t23-/m0/s1. The first-order valence-electron chi connectivity index (χ1n) is 10.2. The predicted octanol–water partition coefficient (Wildman–Crippen LogP) is 4.61. The van der Waals surface area contributed by atoms with E-state index in [9.17, 15) is 9.59 Å². The van der Waals surface area contributed by atoms with Crippen molar-refractivity contribution in [2.75, 3.05) is 12.4 Å². The second kappa shape index (κ2) is 8.19. The van der Waals surface area contributed by atoms with Gasteiger partial charge in [0, 0.05) is 34.9 Å². The van der Waals surface area contributed by atoms with Crippen molar-refractivity contribution in [1.82, 2.24) is 5.32 Å². The van der Waals surface area contributed by atoms with E-state index in [4.69, 9.17) is 4.74 Å². The van der Waals surface area contributed by atoms with Gasteiger partial charge in [0.15, 0.2) is 5.78 Å². The van der Waals surface area contributed by atoms with Gasteiger partial charge in [0.1, 0.15) is 5.75 Å². The van der Waals surface area contributed by atoms with Crippen LogP contribution in [0.3, 0.4) is 0 Å². The van der Waals surface area contributed by atoms with Crippen molar-refractivity contribution < 1.29 is 14.3 Å². The van der Waals surface area contributed by atoms with E-state index in [1.807, 2.05) is 50.2 Å². The Morgan fingerprint density at radius 3 is 2.53 bits per heavy atom. The highest BCUT2D eigenvalue weighted by Gasteiger charge is 2.38. The van der Waals surface area contributed by atoms with Crippen LogP contribution in [-0.4, -0.2) is 18.8 Å². The highest BCUT2D eigenvalue weighted by atomic mass is 16.5. The number of allylic oxidation sites excluding steroid dienone is 3. The van der Waals surface area contributed by atoms with Gasteiger partial charge in [-0.3, -0.25) is 9.59 Å². The first-order chi connectivity index (χ1) is 14.5. The molecule has 2 aliphatic rings. The minimum atomic E-state index is -0.385. The first kappa shape index (κ1) is 20.0. The number of amides is 1. The molecule has 0 saturated heterocycles. The van der Waals surface area contributed by atoms with E-state index in [2.05, 4.69) is 10.6 Å². The van der Waals surface area contributed by atoms with Crippen molar-refractivity contribution in [3.05, 3.63) is 82.2 Å². The maximum atomic E-state index is 13.5. The zero-order chi connectivity index (χ0) is 21.3. The van der Waals surface area contributed by atoms with Gasteiger partial charge in [-0.15, -0.1) is 0 Å². The molecule has 4 rings (SSSR count). The SMILES string of the molecule is COc1ccccc1NC(=O)C1=C(C)NC2=C(C(=O)CCC2)[C@H]1c1ccc(C)cc1. The van der Waals surface area contributed by atoms with Crippen molar-refractivity contribution in [2.24, 2.45) is 0 Å². The van der Waals surface area contributed by atoms with Gasteiger partial charge in [0.25, 0.3) is 5.91 Å². The number of methoxy groups -OCH3 is 1. The second-order valence-electron chi connectivity index (χ2n) is 7.83. The van der Waals surface area contributed by atoms with Crippen LogP contribution >= 0.6 is 0 Å². The van der Waals surface area contributed by atoms with Gasteiger partial charge in [0.2, 0.25) is 0 Å². The molecule has 2 N–H and O–H groups in total. The lowest BCUT2D eigenvalue weighted by Gasteiger charge is -2.34. The molecule has 1 amide bonds. The number of carbonyl (C=O) groups is 2. The Hall–Kier alpha value is -3.34. The minimum absolute atomic E-state index is 0.115. The Kier molecular flexibility index (Phi) is 5.44. The number of dihydropyridines is 1. The molecule has 0 radical (unpaired) electrons. The monoisotopic (exact) mass is 402 g/mol. The molecule has 0 saturated carbocycles. The zero-order valence-electron chi connectivity index (χ0n) is 17.5. The first-order valence-corrected chi connectivity index (χ1v) is 10.2. The van der Waals surface area contributed by atoms with E-state index in [1.54, 1.807) is 19.2 Å². The Labute approximate surface area is 176 Å². The number of ether oxygens (including phenoxy) is 1. The molecule has 1 aliphatic carbocycles. The fourth-order valence-corrected chi connectivity index (χ4v) is 4.31. The lowest BCUT2D eigenvalue weighted by Crippen LogP contribution is -2.35. The van der Waals surface area contributed by atoms with E-state index < -0.39 is 0 Å². The van der Waals surface area contributed by atoms with Crippen LogP contribution in [-0.2, 0) is 9.59 Å². The number of anilines is 1. The van der Waals surface area contributed by atoms with E-state index in [1.165, 1.54) is 0 Å². The van der Waals surface area contributed by atoms with Crippen molar-refractivity contribution in [1.29, 1.82) is 0 Å². The average Bonchev–Trinajstić information content (AvgIpc) is 2.74. The summed E-state index contributed by atoms with van der Waals surface area (Å²) in [4.78, 5) is 26.4. The molecular formula is C25H26N2O3. The lowest BCUT2D eigenvalue weighted by atomic mass is 9.75. The fourth-order valence-electron chi connectivity index (χ4n) is 4.31. The number of rotatable bonds is 4. The Bertz CT molecular complexity index is 1060. The molecule has 5 nitrogen and oxygen atoms in total. The van der Waals surface area contributed by atoms with Crippen LogP contribution in [0.25, 0.3) is 0 Å². The molecule has 5 heteroatoms. The predicted molar refractivity (Wildman–Crippen MR) is 117 cm³/mol. The molecule has 0 unspecified atom stereocenters. The summed E-state index contributed by atoms with van der Waals surface area (Å²) < 4.78 is 5.38. The minimum Gasteiger partial charge on any atom is -0.495 e. The molecule has 0 aromatic heterocycles. The van der Waals surface area contributed by atoms with Crippen molar-refractivity contribution in [2.45, 2.75) is 39.0 Å². The number of para-hydroxylation sites is 2. The van der Waals surface area contributed by atoms with Crippen molar-refractivity contribution in [3.8, 4) is 5.75 Å². The topological polar surface area (TPSA) is 67.4 Å². The van der Waals surface area contributed by atoms with Crippen LogP contribution in [0, 0.1) is 6.92 Å². The van der Waals surface area contributed by atoms with Gasteiger partial charge in [-0.25, -0.2) is 0 Å². The third-order valence-electron chi connectivity index (χ3n) is 5.79. The summed E-state index contributed by atoms with van der Waals surface area (Å²) in [6.45, 7) is 3.93. The highest BCUT2D eigenvalue weighted by Crippen LogP contribution is 2.42. The molecule has 0 spiro atoms. The molecule has 0 bridgehead atoms. The normalized spacial score (nSPS) is 18.6. The number of Topliss-reactive ketones (excluding diaryl/α,β-unsaturated/α-hetero) is 1. The molecular weight excluding hydrogens is 376 g/mol.